The molecule has 0 radical (unpaired) electrons. The summed E-state index contributed by atoms with van der Waals surface area (Å²) in [7, 11) is -3.72. The SMILES string of the molecule is Cc1ccc(NC(=O)c2cc([N+](=O)[O-])cc(S(C)(=O)=O)c2)c2cccnc12. The highest BCUT2D eigenvalue weighted by atomic mass is 32.2. The van der Waals surface area contributed by atoms with Gasteiger partial charge in [0.05, 0.1) is 21.0 Å². The third kappa shape index (κ3) is 3.77. The molecule has 1 amide bonds. The molecular weight excluding hydrogens is 370 g/mol. The van der Waals surface area contributed by atoms with Crippen molar-refractivity contribution < 1.29 is 18.1 Å². The van der Waals surface area contributed by atoms with E-state index >= 15 is 0 Å². The van der Waals surface area contributed by atoms with Crippen LogP contribution in [0.4, 0.5) is 11.4 Å². The number of sulfone groups is 1. The van der Waals surface area contributed by atoms with Crippen LogP contribution in [0.25, 0.3) is 10.9 Å². The summed E-state index contributed by atoms with van der Waals surface area (Å²) in [6, 6.07) is 10.1. The average molecular weight is 385 g/mol. The third-order valence-corrected chi connectivity index (χ3v) is 5.10. The summed E-state index contributed by atoms with van der Waals surface area (Å²) in [6.07, 6.45) is 2.56. The van der Waals surface area contributed by atoms with E-state index in [1.54, 1.807) is 30.5 Å². The number of rotatable bonds is 4. The summed E-state index contributed by atoms with van der Waals surface area (Å²) in [6.45, 7) is 1.89. The first-order valence-electron chi connectivity index (χ1n) is 7.82. The molecule has 0 bridgehead atoms. The van der Waals surface area contributed by atoms with Crippen molar-refractivity contribution in [3.8, 4) is 0 Å². The maximum Gasteiger partial charge on any atom is 0.271 e. The van der Waals surface area contributed by atoms with Gasteiger partial charge in [-0.25, -0.2) is 8.42 Å². The number of nitrogens with zero attached hydrogens (tertiary/aromatic N) is 2. The van der Waals surface area contributed by atoms with Gasteiger partial charge in [0.15, 0.2) is 9.84 Å². The molecule has 138 valence electrons. The number of hydrogen-bond acceptors (Lipinski definition) is 6. The Kier molecular flexibility index (Phi) is 4.63. The van der Waals surface area contributed by atoms with Gasteiger partial charge in [-0.05, 0) is 36.8 Å². The number of nitro benzene ring substituents is 1. The lowest BCUT2D eigenvalue weighted by molar-refractivity contribution is -0.385. The molecule has 3 aromatic rings. The monoisotopic (exact) mass is 385 g/mol. The number of aryl methyl sites for hydroxylation is 1. The molecule has 0 atom stereocenters. The summed E-state index contributed by atoms with van der Waals surface area (Å²) >= 11 is 0. The first kappa shape index (κ1) is 18.5. The van der Waals surface area contributed by atoms with Crippen molar-refractivity contribution in [2.24, 2.45) is 0 Å². The van der Waals surface area contributed by atoms with E-state index in [2.05, 4.69) is 10.3 Å². The molecule has 1 heterocycles. The Balaban J connectivity index is 2.06. The quantitative estimate of drug-likeness (QED) is 0.544. The molecule has 1 aromatic heterocycles. The number of hydrogen-bond donors (Lipinski definition) is 1. The van der Waals surface area contributed by atoms with Crippen LogP contribution in [0.3, 0.4) is 0 Å². The van der Waals surface area contributed by atoms with Crippen LogP contribution >= 0.6 is 0 Å². The van der Waals surface area contributed by atoms with E-state index in [-0.39, 0.29) is 10.5 Å². The normalized spacial score (nSPS) is 11.3. The Labute approximate surface area is 154 Å². The van der Waals surface area contributed by atoms with Gasteiger partial charge in [-0.3, -0.25) is 19.9 Å². The van der Waals surface area contributed by atoms with Crippen molar-refractivity contribution in [1.29, 1.82) is 0 Å². The second-order valence-electron chi connectivity index (χ2n) is 6.03. The van der Waals surface area contributed by atoms with Crippen LogP contribution in [0.15, 0.2) is 53.6 Å². The first-order chi connectivity index (χ1) is 12.7. The fourth-order valence-electron chi connectivity index (χ4n) is 2.65. The molecule has 8 nitrogen and oxygen atoms in total. The van der Waals surface area contributed by atoms with Gasteiger partial charge in [0.25, 0.3) is 11.6 Å². The zero-order valence-corrected chi connectivity index (χ0v) is 15.3. The van der Waals surface area contributed by atoms with Crippen molar-refractivity contribution >= 4 is 38.0 Å². The van der Waals surface area contributed by atoms with Crippen LogP contribution in [-0.4, -0.2) is 30.5 Å². The van der Waals surface area contributed by atoms with E-state index < -0.39 is 26.4 Å². The fourth-order valence-corrected chi connectivity index (χ4v) is 3.33. The van der Waals surface area contributed by atoms with Gasteiger partial charge in [-0.15, -0.1) is 0 Å². The van der Waals surface area contributed by atoms with Crippen LogP contribution in [0.1, 0.15) is 15.9 Å². The molecule has 0 spiro atoms. The summed E-state index contributed by atoms with van der Waals surface area (Å²) < 4.78 is 23.6. The lowest BCUT2D eigenvalue weighted by Gasteiger charge is -2.10. The van der Waals surface area contributed by atoms with Crippen molar-refractivity contribution in [2.75, 3.05) is 11.6 Å². The van der Waals surface area contributed by atoms with E-state index in [1.165, 1.54) is 0 Å². The Morgan fingerprint density at radius 2 is 1.93 bits per heavy atom. The predicted molar refractivity (Wildman–Crippen MR) is 101 cm³/mol. The fraction of sp³-hybridized carbons (Fsp3) is 0.111. The number of non-ortho nitro benzene ring substituents is 1. The molecule has 0 aliphatic heterocycles. The predicted octanol–water partition coefficient (Wildman–Crippen LogP) is 3.11. The topological polar surface area (TPSA) is 119 Å². The molecule has 2 aromatic carbocycles. The van der Waals surface area contributed by atoms with Crippen molar-refractivity contribution in [3.63, 3.8) is 0 Å². The highest BCUT2D eigenvalue weighted by molar-refractivity contribution is 7.90. The minimum absolute atomic E-state index is 0.123. The summed E-state index contributed by atoms with van der Waals surface area (Å²) in [5.74, 6) is -0.655. The minimum Gasteiger partial charge on any atom is -0.321 e. The first-order valence-corrected chi connectivity index (χ1v) is 9.71. The largest absolute Gasteiger partial charge is 0.321 e. The average Bonchev–Trinajstić information content (AvgIpc) is 2.63. The molecule has 1 N–H and O–H groups in total. The molecule has 0 saturated carbocycles. The summed E-state index contributed by atoms with van der Waals surface area (Å²) in [5.41, 5.74) is 1.52. The molecule has 0 aliphatic rings. The number of aromatic nitrogens is 1. The van der Waals surface area contributed by atoms with Gasteiger partial charge >= 0.3 is 0 Å². The third-order valence-electron chi connectivity index (χ3n) is 4.01. The number of benzene rings is 2. The van der Waals surface area contributed by atoms with Gasteiger partial charge < -0.3 is 5.32 Å². The Morgan fingerprint density at radius 3 is 2.59 bits per heavy atom. The number of carbonyl (C=O) groups is 1. The van der Waals surface area contributed by atoms with E-state index in [0.717, 1.165) is 30.0 Å². The van der Waals surface area contributed by atoms with Crippen LogP contribution in [0.5, 0.6) is 0 Å². The van der Waals surface area contributed by atoms with Crippen LogP contribution < -0.4 is 5.32 Å². The van der Waals surface area contributed by atoms with Crippen LogP contribution in [-0.2, 0) is 9.84 Å². The Bertz CT molecular complexity index is 1190. The van der Waals surface area contributed by atoms with E-state index in [4.69, 9.17) is 0 Å². The maximum atomic E-state index is 12.6. The highest BCUT2D eigenvalue weighted by Crippen LogP contribution is 2.26. The van der Waals surface area contributed by atoms with Crippen molar-refractivity contribution in [2.45, 2.75) is 11.8 Å². The van der Waals surface area contributed by atoms with Gasteiger partial charge in [0.1, 0.15) is 0 Å². The lowest BCUT2D eigenvalue weighted by atomic mass is 10.1. The zero-order valence-electron chi connectivity index (χ0n) is 14.5. The smallest absolute Gasteiger partial charge is 0.271 e. The van der Waals surface area contributed by atoms with Crippen molar-refractivity contribution in [1.82, 2.24) is 4.98 Å². The number of fused-ring (bicyclic) bond motifs is 1. The van der Waals surface area contributed by atoms with Crippen LogP contribution in [0, 0.1) is 17.0 Å². The molecule has 27 heavy (non-hydrogen) atoms. The van der Waals surface area contributed by atoms with Gasteiger partial charge in [-0.1, -0.05) is 6.07 Å². The molecule has 3 rings (SSSR count). The number of amides is 1. The number of nitrogens with one attached hydrogen (secondary N) is 1. The number of nitro groups is 1. The molecule has 0 saturated heterocycles. The highest BCUT2D eigenvalue weighted by Gasteiger charge is 2.19. The second kappa shape index (κ2) is 6.76. The van der Waals surface area contributed by atoms with E-state index in [1.807, 2.05) is 6.92 Å². The summed E-state index contributed by atoms with van der Waals surface area (Å²) in [5, 5.41) is 14.5. The maximum absolute atomic E-state index is 12.6. The molecular formula is C18H15N3O5S. The number of anilines is 1. The molecule has 0 fully saturated rings. The van der Waals surface area contributed by atoms with Gasteiger partial charge in [0, 0.05) is 35.5 Å². The summed E-state index contributed by atoms with van der Waals surface area (Å²) in [4.78, 5) is 27.0. The van der Waals surface area contributed by atoms with Gasteiger partial charge in [-0.2, -0.15) is 0 Å². The zero-order chi connectivity index (χ0) is 19.8. The van der Waals surface area contributed by atoms with Crippen molar-refractivity contribution in [3.05, 3.63) is 69.9 Å². The molecule has 9 heteroatoms. The van der Waals surface area contributed by atoms with E-state index in [0.29, 0.717) is 16.6 Å². The lowest BCUT2D eigenvalue weighted by Crippen LogP contribution is -2.14. The minimum atomic E-state index is -3.72. The van der Waals surface area contributed by atoms with E-state index in [9.17, 15) is 23.3 Å². The second-order valence-corrected chi connectivity index (χ2v) is 8.04. The Morgan fingerprint density at radius 1 is 1.19 bits per heavy atom. The standard InChI is InChI=1S/C18H15N3O5S/c1-11-5-6-16(15-4-3-7-19-17(11)15)20-18(22)12-8-13(21(23)24)10-14(9-12)27(2,25)26/h3-10H,1-2H3,(H,20,22). The molecule has 0 aliphatic carbocycles. The number of pyridine rings is 1. The molecule has 0 unspecified atom stereocenters. The van der Waals surface area contributed by atoms with Crippen LogP contribution in [0.2, 0.25) is 0 Å². The Hall–Kier alpha value is -3.33. The number of carbonyl (C=O) groups excluding carboxylic acids is 1. The van der Waals surface area contributed by atoms with Gasteiger partial charge in [0.2, 0.25) is 0 Å².